The second-order valence-electron chi connectivity index (χ2n) is 3.17. The zero-order chi connectivity index (χ0) is 12.3. The van der Waals surface area contributed by atoms with Gasteiger partial charge in [0.1, 0.15) is 17.6 Å². The van der Waals surface area contributed by atoms with Crippen molar-refractivity contribution in [2.24, 2.45) is 0 Å². The molecule has 0 aliphatic carbocycles. The van der Waals surface area contributed by atoms with Gasteiger partial charge in [-0.1, -0.05) is 0 Å². The van der Waals surface area contributed by atoms with Crippen LogP contribution in [0.5, 0.6) is 0 Å². The molecule has 0 aliphatic rings. The molecule has 0 aliphatic heterocycles. The third kappa shape index (κ3) is 2.31. The van der Waals surface area contributed by atoms with Crippen molar-refractivity contribution < 1.29 is 19.1 Å². The van der Waals surface area contributed by atoms with Crippen LogP contribution in [0.25, 0.3) is 0 Å². The number of carbonyl (C=O) groups is 2. The van der Waals surface area contributed by atoms with E-state index < -0.39 is 11.9 Å². The molecule has 17 heavy (non-hydrogen) atoms. The molecule has 0 radical (unpaired) electrons. The molecule has 6 nitrogen and oxygen atoms in total. The molecule has 86 valence electrons. The molecule has 0 unspecified atom stereocenters. The monoisotopic (exact) mass is 232 g/mol. The molecule has 2 aromatic rings. The Morgan fingerprint density at radius 2 is 2.18 bits per heavy atom. The van der Waals surface area contributed by atoms with Gasteiger partial charge in [-0.2, -0.15) is 0 Å². The van der Waals surface area contributed by atoms with Crippen molar-refractivity contribution in [2.45, 2.75) is 0 Å². The lowest BCUT2D eigenvalue weighted by atomic mass is 10.2. The number of aromatic nitrogens is 1. The van der Waals surface area contributed by atoms with E-state index in [2.05, 4.69) is 10.3 Å². The van der Waals surface area contributed by atoms with E-state index in [9.17, 15) is 9.59 Å². The lowest BCUT2D eigenvalue weighted by molar-refractivity contribution is 0.0697. The van der Waals surface area contributed by atoms with E-state index in [1.807, 2.05) is 0 Å². The summed E-state index contributed by atoms with van der Waals surface area (Å²) in [6.45, 7) is 0. The molecule has 0 atom stereocenters. The number of carbonyl (C=O) groups excluding carboxylic acids is 1. The van der Waals surface area contributed by atoms with Crippen molar-refractivity contribution >= 4 is 17.7 Å². The van der Waals surface area contributed by atoms with Crippen LogP contribution in [0.2, 0.25) is 0 Å². The van der Waals surface area contributed by atoms with Gasteiger partial charge >= 0.3 is 5.97 Å². The number of aromatic carboxylic acids is 1. The van der Waals surface area contributed by atoms with Gasteiger partial charge in [0.15, 0.2) is 0 Å². The summed E-state index contributed by atoms with van der Waals surface area (Å²) < 4.78 is 4.75. The van der Waals surface area contributed by atoms with Crippen molar-refractivity contribution in [1.82, 2.24) is 4.98 Å². The van der Waals surface area contributed by atoms with Crippen molar-refractivity contribution in [3.05, 3.63) is 48.0 Å². The first kappa shape index (κ1) is 10.9. The number of hydrogen-bond acceptors (Lipinski definition) is 4. The Morgan fingerprint density at radius 3 is 2.82 bits per heavy atom. The van der Waals surface area contributed by atoms with Gasteiger partial charge in [0.2, 0.25) is 0 Å². The highest BCUT2D eigenvalue weighted by molar-refractivity contribution is 6.06. The molecule has 0 fully saturated rings. The van der Waals surface area contributed by atoms with Crippen LogP contribution >= 0.6 is 0 Å². The minimum atomic E-state index is -1.15. The number of anilines is 1. The van der Waals surface area contributed by atoms with Gasteiger partial charge in [0, 0.05) is 6.20 Å². The molecule has 6 heteroatoms. The highest BCUT2D eigenvalue weighted by Crippen LogP contribution is 2.13. The Bertz CT molecular complexity index is 548. The molecule has 0 aromatic carbocycles. The van der Waals surface area contributed by atoms with Gasteiger partial charge in [0.05, 0.1) is 11.8 Å². The lowest BCUT2D eigenvalue weighted by Gasteiger charge is -2.05. The second kappa shape index (κ2) is 4.48. The number of carboxylic acids is 1. The van der Waals surface area contributed by atoms with Crippen molar-refractivity contribution in [2.75, 3.05) is 5.32 Å². The van der Waals surface area contributed by atoms with Crippen LogP contribution in [0.4, 0.5) is 5.82 Å². The Kier molecular flexibility index (Phi) is 2.87. The van der Waals surface area contributed by atoms with Crippen LogP contribution in [-0.4, -0.2) is 22.0 Å². The molecule has 1 amide bonds. The molecule has 2 rings (SSSR count). The molecule has 2 aromatic heterocycles. The zero-order valence-corrected chi connectivity index (χ0v) is 8.58. The summed E-state index contributed by atoms with van der Waals surface area (Å²) in [6, 6.07) is 4.32. The summed E-state index contributed by atoms with van der Waals surface area (Å²) in [5, 5.41) is 11.3. The number of nitrogens with zero attached hydrogens (tertiary/aromatic N) is 1. The number of furan rings is 1. The molecule has 0 bridgehead atoms. The minimum absolute atomic E-state index is 0.00574. The fourth-order valence-corrected chi connectivity index (χ4v) is 1.25. The first-order valence-corrected chi connectivity index (χ1v) is 4.70. The number of rotatable bonds is 3. The van der Waals surface area contributed by atoms with Gasteiger partial charge in [0.25, 0.3) is 5.91 Å². The normalized spacial score (nSPS) is 9.88. The quantitative estimate of drug-likeness (QED) is 0.838. The largest absolute Gasteiger partial charge is 0.478 e. The average molecular weight is 232 g/mol. The molecule has 2 N–H and O–H groups in total. The van der Waals surface area contributed by atoms with Crippen LogP contribution in [-0.2, 0) is 0 Å². The van der Waals surface area contributed by atoms with E-state index in [0.717, 1.165) is 0 Å². The van der Waals surface area contributed by atoms with Crippen LogP contribution in [0.3, 0.4) is 0 Å². The second-order valence-corrected chi connectivity index (χ2v) is 3.17. The predicted molar refractivity (Wildman–Crippen MR) is 57.9 cm³/mol. The first-order chi connectivity index (χ1) is 8.18. The maximum Gasteiger partial charge on any atom is 0.339 e. The van der Waals surface area contributed by atoms with E-state index >= 15 is 0 Å². The van der Waals surface area contributed by atoms with Gasteiger partial charge < -0.3 is 14.8 Å². The van der Waals surface area contributed by atoms with E-state index in [-0.39, 0.29) is 11.4 Å². The topological polar surface area (TPSA) is 92.4 Å². The molecular weight excluding hydrogens is 224 g/mol. The third-order valence-electron chi connectivity index (χ3n) is 2.05. The fraction of sp³-hybridized carbons (Fsp3) is 0. The molecular formula is C11H8N2O4. The predicted octanol–water partition coefficient (Wildman–Crippen LogP) is 1.63. The fourth-order valence-electron chi connectivity index (χ4n) is 1.25. The Labute approximate surface area is 95.9 Å². The molecule has 2 heterocycles. The van der Waals surface area contributed by atoms with Gasteiger partial charge in [-0.3, -0.25) is 4.79 Å². The summed E-state index contributed by atoms with van der Waals surface area (Å²) >= 11 is 0. The number of hydrogen-bond donors (Lipinski definition) is 2. The standard InChI is InChI=1S/C11H8N2O4/c14-10(7-3-5-17-6-7)13-9-8(11(15)16)2-1-4-12-9/h1-6H,(H,15,16)(H,12,13,14). The van der Waals surface area contributed by atoms with Gasteiger partial charge in [-0.25, -0.2) is 9.78 Å². The van der Waals surface area contributed by atoms with Crippen molar-refractivity contribution in [3.8, 4) is 0 Å². The number of nitrogens with one attached hydrogen (secondary N) is 1. The smallest absolute Gasteiger partial charge is 0.339 e. The lowest BCUT2D eigenvalue weighted by Crippen LogP contribution is -2.15. The average Bonchev–Trinajstić information content (AvgIpc) is 2.83. The van der Waals surface area contributed by atoms with Crippen LogP contribution < -0.4 is 5.32 Å². The van der Waals surface area contributed by atoms with Gasteiger partial charge in [-0.15, -0.1) is 0 Å². The Morgan fingerprint density at radius 1 is 1.35 bits per heavy atom. The SMILES string of the molecule is O=C(Nc1ncccc1C(=O)O)c1ccoc1. The Balaban J connectivity index is 2.25. The summed E-state index contributed by atoms with van der Waals surface area (Å²) in [4.78, 5) is 26.3. The summed E-state index contributed by atoms with van der Waals surface area (Å²) in [5.41, 5.74) is 0.233. The third-order valence-corrected chi connectivity index (χ3v) is 2.05. The number of pyridine rings is 1. The van der Waals surface area contributed by atoms with E-state index in [1.165, 1.54) is 36.9 Å². The van der Waals surface area contributed by atoms with E-state index in [1.54, 1.807) is 0 Å². The van der Waals surface area contributed by atoms with E-state index in [4.69, 9.17) is 9.52 Å². The number of carboxylic acid groups (broad SMARTS) is 1. The minimum Gasteiger partial charge on any atom is -0.478 e. The van der Waals surface area contributed by atoms with Crippen LogP contribution in [0, 0.1) is 0 Å². The maximum absolute atomic E-state index is 11.6. The van der Waals surface area contributed by atoms with Crippen LogP contribution in [0.1, 0.15) is 20.7 Å². The van der Waals surface area contributed by atoms with Gasteiger partial charge in [-0.05, 0) is 18.2 Å². The highest BCUT2D eigenvalue weighted by Gasteiger charge is 2.14. The summed E-state index contributed by atoms with van der Waals surface area (Å²) in [6.07, 6.45) is 4.02. The summed E-state index contributed by atoms with van der Waals surface area (Å²) in [7, 11) is 0. The van der Waals surface area contributed by atoms with Crippen molar-refractivity contribution in [1.29, 1.82) is 0 Å². The number of amides is 1. The molecule has 0 saturated carbocycles. The van der Waals surface area contributed by atoms with E-state index in [0.29, 0.717) is 5.56 Å². The highest BCUT2D eigenvalue weighted by atomic mass is 16.4. The molecule has 0 spiro atoms. The zero-order valence-electron chi connectivity index (χ0n) is 8.58. The summed E-state index contributed by atoms with van der Waals surface area (Å²) in [5.74, 6) is -1.62. The first-order valence-electron chi connectivity index (χ1n) is 4.70. The van der Waals surface area contributed by atoms with Crippen molar-refractivity contribution in [3.63, 3.8) is 0 Å². The Hall–Kier alpha value is -2.63. The maximum atomic E-state index is 11.6. The molecule has 0 saturated heterocycles. The van der Waals surface area contributed by atoms with Crippen LogP contribution in [0.15, 0.2) is 41.3 Å².